The molecule has 0 aromatic heterocycles. The molecule has 4 aromatic carbocycles. The number of nitrogens with one attached hydrogen (secondary N) is 3. The Bertz CT molecular complexity index is 1620. The first kappa shape index (κ1) is 31.2. The normalized spacial score (nSPS) is 11.9. The Hall–Kier alpha value is -3.73. The first-order chi connectivity index (χ1) is 20.2. The average molecular weight is 711 g/mol. The summed E-state index contributed by atoms with van der Waals surface area (Å²) in [6.07, 6.45) is 2.09. The van der Waals surface area contributed by atoms with Gasteiger partial charge < -0.3 is 16.0 Å². The quantitative estimate of drug-likeness (QED) is 0.114. The van der Waals surface area contributed by atoms with E-state index in [-0.39, 0.29) is 17.3 Å². The molecule has 0 radical (unpaired) electrons. The van der Waals surface area contributed by atoms with Crippen molar-refractivity contribution >= 4 is 78.8 Å². The van der Waals surface area contributed by atoms with Crippen LogP contribution >= 0.6 is 43.6 Å². The number of carbonyl (C=O) groups is 3. The fourth-order valence-electron chi connectivity index (χ4n) is 3.80. The molecule has 0 spiro atoms. The first-order valence-electron chi connectivity index (χ1n) is 12.9. The summed E-state index contributed by atoms with van der Waals surface area (Å²) >= 11 is 7.91. The molecule has 1 atom stereocenters. The van der Waals surface area contributed by atoms with Crippen molar-refractivity contribution in [3.05, 3.63) is 129 Å². The zero-order valence-corrected chi connectivity index (χ0v) is 26.4. The van der Waals surface area contributed by atoms with Crippen molar-refractivity contribution in [3.8, 4) is 0 Å². The molecule has 0 bridgehead atoms. The van der Waals surface area contributed by atoms with E-state index >= 15 is 0 Å². The van der Waals surface area contributed by atoms with Gasteiger partial charge in [0.1, 0.15) is 11.5 Å². The van der Waals surface area contributed by atoms with Crippen molar-refractivity contribution in [3.63, 3.8) is 0 Å². The molecule has 3 amide bonds. The third-order valence-electron chi connectivity index (χ3n) is 5.93. The van der Waals surface area contributed by atoms with E-state index in [1.54, 1.807) is 60.7 Å². The first-order valence-corrected chi connectivity index (χ1v) is 15.4. The van der Waals surface area contributed by atoms with Gasteiger partial charge >= 0.3 is 0 Å². The van der Waals surface area contributed by atoms with E-state index in [1.807, 2.05) is 37.3 Å². The van der Waals surface area contributed by atoms with Crippen LogP contribution in [-0.4, -0.2) is 23.0 Å². The minimum Gasteiger partial charge on any atom is -0.323 e. The number of carbonyl (C=O) groups excluding carboxylic acids is 3. The Balaban J connectivity index is 1.50. The number of anilines is 2. The van der Waals surface area contributed by atoms with Crippen LogP contribution < -0.4 is 16.0 Å². The summed E-state index contributed by atoms with van der Waals surface area (Å²) in [5.41, 5.74) is 1.78. The summed E-state index contributed by atoms with van der Waals surface area (Å²) < 4.78 is 15.7. The van der Waals surface area contributed by atoms with Crippen LogP contribution in [0.4, 0.5) is 15.8 Å². The van der Waals surface area contributed by atoms with Crippen molar-refractivity contribution in [1.82, 2.24) is 5.32 Å². The summed E-state index contributed by atoms with van der Waals surface area (Å²) in [7, 11) is 0. The predicted molar refractivity (Wildman–Crippen MR) is 174 cm³/mol. The van der Waals surface area contributed by atoms with Crippen molar-refractivity contribution in [2.24, 2.45) is 0 Å². The Kier molecular flexibility index (Phi) is 11.1. The van der Waals surface area contributed by atoms with Gasteiger partial charge in [-0.15, -0.1) is 11.8 Å². The number of amides is 3. The number of halogens is 3. The van der Waals surface area contributed by atoms with E-state index in [1.165, 1.54) is 23.9 Å². The maximum absolute atomic E-state index is 14.3. The van der Waals surface area contributed by atoms with E-state index < -0.39 is 22.9 Å². The van der Waals surface area contributed by atoms with Crippen LogP contribution in [-0.2, 0) is 9.59 Å². The fraction of sp³-hybridized carbons (Fsp3) is 0.0938. The monoisotopic (exact) mass is 709 g/mol. The van der Waals surface area contributed by atoms with Crippen LogP contribution in [0.2, 0.25) is 0 Å². The molecule has 42 heavy (non-hydrogen) atoms. The molecule has 10 heteroatoms. The van der Waals surface area contributed by atoms with Crippen LogP contribution in [0.15, 0.2) is 117 Å². The molecule has 1 unspecified atom stereocenters. The molecule has 0 fully saturated rings. The molecule has 0 aliphatic rings. The van der Waals surface area contributed by atoms with Gasteiger partial charge in [-0.05, 0) is 78.7 Å². The van der Waals surface area contributed by atoms with Crippen molar-refractivity contribution in [1.29, 1.82) is 0 Å². The standard InChI is InChI=1S/C32H26Br2FN3O3S/c1-2-29(32(41)37-27-16-15-23(34)18-26(27)35)42-25-10-6-9-24(19-25)36-31(40)28(17-20-11-13-22(33)14-12-20)38-30(39)21-7-4-3-5-8-21/h3-19,29H,2H2,1H3,(H,36,40)(H,37,41)(H,38,39)/b28-17-. The highest BCUT2D eigenvalue weighted by molar-refractivity contribution is 9.10. The maximum Gasteiger partial charge on any atom is 0.272 e. The summed E-state index contributed by atoms with van der Waals surface area (Å²) in [6, 6.07) is 27.4. The summed E-state index contributed by atoms with van der Waals surface area (Å²) in [6.45, 7) is 1.87. The van der Waals surface area contributed by atoms with Gasteiger partial charge in [-0.1, -0.05) is 75.2 Å². The molecule has 0 saturated heterocycles. The topological polar surface area (TPSA) is 87.3 Å². The SMILES string of the molecule is CCC(Sc1cccc(NC(=O)/C(=C/c2ccc(Br)cc2)NC(=O)c2ccccc2)c1)C(=O)Nc1ccc(Br)cc1F. The minimum absolute atomic E-state index is 0.0616. The van der Waals surface area contributed by atoms with Gasteiger partial charge in [-0.25, -0.2) is 4.39 Å². The lowest BCUT2D eigenvalue weighted by atomic mass is 10.1. The largest absolute Gasteiger partial charge is 0.323 e. The fourth-order valence-corrected chi connectivity index (χ4v) is 5.42. The second kappa shape index (κ2) is 14.9. The number of thioether (sulfide) groups is 1. The van der Waals surface area contributed by atoms with Gasteiger partial charge in [0.25, 0.3) is 11.8 Å². The molecule has 0 saturated carbocycles. The highest BCUT2D eigenvalue weighted by Crippen LogP contribution is 2.29. The molecule has 4 rings (SSSR count). The molecule has 6 nitrogen and oxygen atoms in total. The zero-order chi connectivity index (χ0) is 30.1. The Morgan fingerprint density at radius 3 is 2.26 bits per heavy atom. The van der Waals surface area contributed by atoms with E-state index in [9.17, 15) is 18.8 Å². The highest BCUT2D eigenvalue weighted by Gasteiger charge is 2.20. The Morgan fingerprint density at radius 1 is 0.857 bits per heavy atom. The summed E-state index contributed by atoms with van der Waals surface area (Å²) in [5, 5.41) is 7.72. The van der Waals surface area contributed by atoms with Crippen LogP contribution in [0.3, 0.4) is 0 Å². The van der Waals surface area contributed by atoms with Gasteiger partial charge in [0.2, 0.25) is 5.91 Å². The van der Waals surface area contributed by atoms with E-state index in [4.69, 9.17) is 0 Å². The second-order valence-corrected chi connectivity index (χ2v) is 12.1. The van der Waals surface area contributed by atoms with Crippen molar-refractivity contribution in [2.75, 3.05) is 10.6 Å². The van der Waals surface area contributed by atoms with Gasteiger partial charge in [-0.2, -0.15) is 0 Å². The average Bonchev–Trinajstić information content (AvgIpc) is 2.98. The lowest BCUT2D eigenvalue weighted by molar-refractivity contribution is -0.116. The molecular formula is C32H26Br2FN3O3S. The number of hydrogen-bond acceptors (Lipinski definition) is 4. The predicted octanol–water partition coefficient (Wildman–Crippen LogP) is 8.27. The van der Waals surface area contributed by atoms with Crippen molar-refractivity contribution < 1.29 is 18.8 Å². The molecular weight excluding hydrogens is 685 g/mol. The minimum atomic E-state index is -0.534. The Morgan fingerprint density at radius 2 is 1.57 bits per heavy atom. The van der Waals surface area contributed by atoms with E-state index in [0.717, 1.165) is 14.9 Å². The molecule has 214 valence electrons. The molecule has 3 N–H and O–H groups in total. The van der Waals surface area contributed by atoms with Crippen LogP contribution in [0.1, 0.15) is 29.3 Å². The third kappa shape index (κ3) is 8.88. The summed E-state index contributed by atoms with van der Waals surface area (Å²) in [5.74, 6) is -1.80. The van der Waals surface area contributed by atoms with Crippen molar-refractivity contribution in [2.45, 2.75) is 23.5 Å². The second-order valence-electron chi connectivity index (χ2n) is 9.04. The molecule has 0 heterocycles. The molecule has 0 aliphatic carbocycles. The van der Waals surface area contributed by atoms with E-state index in [0.29, 0.717) is 22.1 Å². The number of rotatable bonds is 10. The lowest BCUT2D eigenvalue weighted by Crippen LogP contribution is -2.30. The van der Waals surface area contributed by atoms with Crippen LogP contribution in [0, 0.1) is 5.82 Å². The van der Waals surface area contributed by atoms with E-state index in [2.05, 4.69) is 47.8 Å². The Labute approximate surface area is 264 Å². The third-order valence-corrected chi connectivity index (χ3v) is 8.31. The van der Waals surface area contributed by atoms with Gasteiger partial charge in [-0.3, -0.25) is 14.4 Å². The smallest absolute Gasteiger partial charge is 0.272 e. The van der Waals surface area contributed by atoms with Gasteiger partial charge in [0.15, 0.2) is 0 Å². The van der Waals surface area contributed by atoms with Crippen LogP contribution in [0.5, 0.6) is 0 Å². The lowest BCUT2D eigenvalue weighted by Gasteiger charge is -2.16. The van der Waals surface area contributed by atoms with Gasteiger partial charge in [0, 0.05) is 25.1 Å². The zero-order valence-electron chi connectivity index (χ0n) is 22.4. The molecule has 4 aromatic rings. The number of benzene rings is 4. The highest BCUT2D eigenvalue weighted by atomic mass is 79.9. The summed E-state index contributed by atoms with van der Waals surface area (Å²) in [4.78, 5) is 39.9. The number of hydrogen-bond donors (Lipinski definition) is 3. The van der Waals surface area contributed by atoms with Gasteiger partial charge in [0.05, 0.1) is 10.9 Å². The maximum atomic E-state index is 14.3. The molecule has 0 aliphatic heterocycles. The van der Waals surface area contributed by atoms with Crippen LogP contribution in [0.25, 0.3) is 6.08 Å².